The molecule has 0 spiro atoms. The van der Waals surface area contributed by atoms with E-state index in [1.807, 2.05) is 13.2 Å². The predicted octanol–water partition coefficient (Wildman–Crippen LogP) is 1.25. The number of hydrogen-bond acceptors (Lipinski definition) is 3. The molecule has 0 fully saturated rings. The summed E-state index contributed by atoms with van der Waals surface area (Å²) in [5, 5.41) is 18.0. The smallest absolute Gasteiger partial charge is 0.315 e. The number of carboxylic acids is 1. The van der Waals surface area contributed by atoms with Gasteiger partial charge < -0.3 is 15.7 Å². The third-order valence-corrected chi connectivity index (χ3v) is 2.81. The van der Waals surface area contributed by atoms with Gasteiger partial charge in [-0.05, 0) is 12.8 Å². The van der Waals surface area contributed by atoms with Crippen molar-refractivity contribution in [1.82, 2.24) is 20.4 Å². The summed E-state index contributed by atoms with van der Waals surface area (Å²) in [6.45, 7) is 1.06. The second-order valence-electron chi connectivity index (χ2n) is 4.69. The van der Waals surface area contributed by atoms with Crippen molar-refractivity contribution in [2.75, 3.05) is 6.54 Å². The van der Waals surface area contributed by atoms with Gasteiger partial charge in [-0.15, -0.1) is 0 Å². The Labute approximate surface area is 118 Å². The molecule has 0 unspecified atom stereocenters. The van der Waals surface area contributed by atoms with Crippen molar-refractivity contribution in [2.24, 2.45) is 7.05 Å². The molecule has 1 aromatic rings. The summed E-state index contributed by atoms with van der Waals surface area (Å²) in [5.41, 5.74) is 0.955. The number of carbonyl (C=O) groups excluding carboxylic acids is 1. The van der Waals surface area contributed by atoms with E-state index in [0.717, 1.165) is 24.8 Å². The number of aromatic nitrogens is 2. The predicted molar refractivity (Wildman–Crippen MR) is 74.2 cm³/mol. The lowest BCUT2D eigenvalue weighted by molar-refractivity contribution is -0.137. The van der Waals surface area contributed by atoms with Crippen LogP contribution in [0, 0.1) is 0 Å². The second kappa shape index (κ2) is 8.95. The van der Waals surface area contributed by atoms with E-state index in [9.17, 15) is 9.59 Å². The summed E-state index contributed by atoms with van der Waals surface area (Å²) < 4.78 is 1.69. The third kappa shape index (κ3) is 7.40. The van der Waals surface area contributed by atoms with Crippen LogP contribution in [-0.4, -0.2) is 33.4 Å². The maximum absolute atomic E-state index is 11.5. The summed E-state index contributed by atoms with van der Waals surface area (Å²) in [5.74, 6) is -0.752. The van der Waals surface area contributed by atoms with Crippen molar-refractivity contribution in [3.63, 3.8) is 0 Å². The Morgan fingerprint density at radius 1 is 1.25 bits per heavy atom. The fourth-order valence-electron chi connectivity index (χ4n) is 1.76. The van der Waals surface area contributed by atoms with Crippen molar-refractivity contribution in [3.8, 4) is 0 Å². The van der Waals surface area contributed by atoms with Gasteiger partial charge in [0.25, 0.3) is 0 Å². The van der Waals surface area contributed by atoms with Crippen LogP contribution in [0.25, 0.3) is 0 Å². The number of amides is 2. The van der Waals surface area contributed by atoms with Gasteiger partial charge in [0.15, 0.2) is 0 Å². The number of carbonyl (C=O) groups is 2. The summed E-state index contributed by atoms with van der Waals surface area (Å²) in [6, 6.07) is -0.195. The minimum absolute atomic E-state index is 0.195. The van der Waals surface area contributed by atoms with Gasteiger partial charge in [-0.3, -0.25) is 9.48 Å². The standard InChI is InChI=1S/C13H22N4O3/c1-17-10-11(9-16-17)8-15-13(20)14-7-5-3-2-4-6-12(18)19/h9-10H,2-8H2,1H3,(H,18,19)(H2,14,15,20). The largest absolute Gasteiger partial charge is 0.481 e. The van der Waals surface area contributed by atoms with Gasteiger partial charge in [0.05, 0.1) is 6.20 Å². The van der Waals surface area contributed by atoms with E-state index in [1.165, 1.54) is 0 Å². The Bertz CT molecular complexity index is 431. The van der Waals surface area contributed by atoms with E-state index in [0.29, 0.717) is 19.5 Å². The molecule has 0 aromatic carbocycles. The molecule has 7 nitrogen and oxygen atoms in total. The molecule has 0 aliphatic heterocycles. The van der Waals surface area contributed by atoms with Crippen LogP contribution >= 0.6 is 0 Å². The zero-order valence-corrected chi connectivity index (χ0v) is 11.8. The molecule has 20 heavy (non-hydrogen) atoms. The first kappa shape index (κ1) is 16.0. The van der Waals surface area contributed by atoms with E-state index in [2.05, 4.69) is 15.7 Å². The quantitative estimate of drug-likeness (QED) is 0.594. The van der Waals surface area contributed by atoms with Crippen molar-refractivity contribution in [2.45, 2.75) is 38.6 Å². The molecule has 0 saturated carbocycles. The Hall–Kier alpha value is -2.05. The maximum Gasteiger partial charge on any atom is 0.315 e. The lowest BCUT2D eigenvalue weighted by atomic mass is 10.1. The zero-order valence-electron chi connectivity index (χ0n) is 11.8. The van der Waals surface area contributed by atoms with E-state index < -0.39 is 5.97 Å². The summed E-state index contributed by atoms with van der Waals surface area (Å²) in [6.07, 6.45) is 7.15. The summed E-state index contributed by atoms with van der Waals surface area (Å²) in [4.78, 5) is 21.8. The molecule has 0 bridgehead atoms. The minimum atomic E-state index is -0.752. The van der Waals surface area contributed by atoms with Gasteiger partial charge in [-0.2, -0.15) is 5.10 Å². The molecule has 1 rings (SSSR count). The van der Waals surface area contributed by atoms with Gasteiger partial charge in [0, 0.05) is 38.3 Å². The lowest BCUT2D eigenvalue weighted by Crippen LogP contribution is -2.35. The van der Waals surface area contributed by atoms with Crippen LogP contribution in [-0.2, 0) is 18.4 Å². The first-order valence-corrected chi connectivity index (χ1v) is 6.79. The van der Waals surface area contributed by atoms with Crippen molar-refractivity contribution in [1.29, 1.82) is 0 Å². The molecular weight excluding hydrogens is 260 g/mol. The highest BCUT2D eigenvalue weighted by atomic mass is 16.4. The Kier molecular flexibility index (Phi) is 7.16. The van der Waals surface area contributed by atoms with E-state index in [4.69, 9.17) is 5.11 Å². The molecule has 0 saturated heterocycles. The first-order chi connectivity index (χ1) is 9.58. The highest BCUT2D eigenvalue weighted by Gasteiger charge is 2.01. The van der Waals surface area contributed by atoms with E-state index in [-0.39, 0.29) is 12.5 Å². The molecular formula is C13H22N4O3. The van der Waals surface area contributed by atoms with Crippen LogP contribution in [0.2, 0.25) is 0 Å². The second-order valence-corrected chi connectivity index (χ2v) is 4.69. The molecule has 0 aliphatic carbocycles. The number of aryl methyl sites for hydroxylation is 1. The molecule has 112 valence electrons. The molecule has 1 aromatic heterocycles. The fraction of sp³-hybridized carbons (Fsp3) is 0.615. The normalized spacial score (nSPS) is 10.2. The van der Waals surface area contributed by atoms with Crippen LogP contribution in [0.15, 0.2) is 12.4 Å². The molecule has 0 aliphatic rings. The topological polar surface area (TPSA) is 96.2 Å². The van der Waals surface area contributed by atoms with Gasteiger partial charge in [0.2, 0.25) is 0 Å². The van der Waals surface area contributed by atoms with Crippen LogP contribution in [0.1, 0.15) is 37.7 Å². The number of carboxylic acid groups (broad SMARTS) is 1. The van der Waals surface area contributed by atoms with Gasteiger partial charge in [-0.25, -0.2) is 4.79 Å². The molecule has 7 heteroatoms. The number of nitrogens with one attached hydrogen (secondary N) is 2. The maximum atomic E-state index is 11.5. The summed E-state index contributed by atoms with van der Waals surface area (Å²) >= 11 is 0. The van der Waals surface area contributed by atoms with E-state index in [1.54, 1.807) is 10.9 Å². The fourth-order valence-corrected chi connectivity index (χ4v) is 1.76. The van der Waals surface area contributed by atoms with Crippen LogP contribution in [0.4, 0.5) is 4.79 Å². The summed E-state index contributed by atoms with van der Waals surface area (Å²) in [7, 11) is 1.83. The number of unbranched alkanes of at least 4 members (excludes halogenated alkanes) is 3. The Morgan fingerprint density at radius 2 is 2.00 bits per heavy atom. The molecule has 2 amide bonds. The zero-order chi connectivity index (χ0) is 14.8. The third-order valence-electron chi connectivity index (χ3n) is 2.81. The number of nitrogens with zero attached hydrogens (tertiary/aromatic N) is 2. The highest BCUT2D eigenvalue weighted by Crippen LogP contribution is 2.02. The number of hydrogen-bond donors (Lipinski definition) is 3. The molecule has 0 atom stereocenters. The lowest BCUT2D eigenvalue weighted by Gasteiger charge is -2.06. The average molecular weight is 282 g/mol. The van der Waals surface area contributed by atoms with Crippen LogP contribution < -0.4 is 10.6 Å². The number of aliphatic carboxylic acids is 1. The van der Waals surface area contributed by atoms with E-state index >= 15 is 0 Å². The SMILES string of the molecule is Cn1cc(CNC(=O)NCCCCCCC(=O)O)cn1. The molecule has 0 radical (unpaired) electrons. The molecule has 1 heterocycles. The van der Waals surface area contributed by atoms with Gasteiger partial charge in [-0.1, -0.05) is 12.8 Å². The van der Waals surface area contributed by atoms with Crippen LogP contribution in [0.3, 0.4) is 0 Å². The van der Waals surface area contributed by atoms with Crippen molar-refractivity contribution in [3.05, 3.63) is 18.0 Å². The Morgan fingerprint density at radius 3 is 2.65 bits per heavy atom. The van der Waals surface area contributed by atoms with Gasteiger partial charge >= 0.3 is 12.0 Å². The Balaban J connectivity index is 1.96. The monoisotopic (exact) mass is 282 g/mol. The molecule has 3 N–H and O–H groups in total. The van der Waals surface area contributed by atoms with Gasteiger partial charge in [0.1, 0.15) is 0 Å². The number of urea groups is 1. The van der Waals surface area contributed by atoms with Crippen LogP contribution in [0.5, 0.6) is 0 Å². The first-order valence-electron chi connectivity index (χ1n) is 6.79. The number of rotatable bonds is 9. The minimum Gasteiger partial charge on any atom is -0.481 e. The van der Waals surface area contributed by atoms with Crippen molar-refractivity contribution < 1.29 is 14.7 Å². The average Bonchev–Trinajstić information content (AvgIpc) is 2.81. The van der Waals surface area contributed by atoms with Crippen molar-refractivity contribution >= 4 is 12.0 Å². The highest BCUT2D eigenvalue weighted by molar-refractivity contribution is 5.73.